The van der Waals surface area contributed by atoms with Gasteiger partial charge in [-0.05, 0) is 56.7 Å². The van der Waals surface area contributed by atoms with Gasteiger partial charge in [-0.3, -0.25) is 0 Å². The third-order valence-corrected chi connectivity index (χ3v) is 3.45. The Hall–Kier alpha value is -1.02. The van der Waals surface area contributed by atoms with Crippen LogP contribution < -0.4 is 10.5 Å². The predicted molar refractivity (Wildman–Crippen MR) is 71.1 cm³/mol. The zero-order chi connectivity index (χ0) is 12.7. The fourth-order valence-electron chi connectivity index (χ4n) is 2.01. The molecule has 2 N–H and O–H groups in total. The molecule has 0 bridgehead atoms. The molecule has 1 aliphatic carbocycles. The maximum atomic E-state index is 6.27. The zero-order valence-electron chi connectivity index (χ0n) is 11.3. The summed E-state index contributed by atoms with van der Waals surface area (Å²) in [4.78, 5) is 0. The van der Waals surface area contributed by atoms with Crippen molar-refractivity contribution in [2.75, 3.05) is 0 Å². The molecule has 94 valence electrons. The molecule has 17 heavy (non-hydrogen) atoms. The second-order valence-corrected chi connectivity index (χ2v) is 6.42. The first-order chi connectivity index (χ1) is 7.80. The summed E-state index contributed by atoms with van der Waals surface area (Å²) in [6.45, 7) is 8.42. The average Bonchev–Trinajstić information content (AvgIpc) is 2.96. The van der Waals surface area contributed by atoms with Gasteiger partial charge in [0.1, 0.15) is 11.4 Å². The van der Waals surface area contributed by atoms with Gasteiger partial charge in [-0.2, -0.15) is 0 Å². The van der Waals surface area contributed by atoms with E-state index in [1.54, 1.807) is 0 Å². The first-order valence-electron chi connectivity index (χ1n) is 6.35. The minimum absolute atomic E-state index is 0.147. The number of rotatable bonds is 3. The molecule has 1 aromatic rings. The van der Waals surface area contributed by atoms with Gasteiger partial charge in [0.2, 0.25) is 0 Å². The van der Waals surface area contributed by atoms with Gasteiger partial charge >= 0.3 is 0 Å². The molecule has 0 saturated heterocycles. The summed E-state index contributed by atoms with van der Waals surface area (Å²) in [6.07, 6.45) is 2.49. The lowest BCUT2D eigenvalue weighted by molar-refractivity contribution is 0.131. The third kappa shape index (κ3) is 3.01. The van der Waals surface area contributed by atoms with Crippen LogP contribution in [0.2, 0.25) is 0 Å². The Labute approximate surface area is 104 Å². The van der Waals surface area contributed by atoms with Crippen LogP contribution in [0.25, 0.3) is 0 Å². The molecule has 1 atom stereocenters. The Morgan fingerprint density at radius 1 is 1.18 bits per heavy atom. The number of hydrogen-bond donors (Lipinski definition) is 1. The highest BCUT2D eigenvalue weighted by atomic mass is 16.5. The molecule has 1 aromatic carbocycles. The summed E-state index contributed by atoms with van der Waals surface area (Å²) in [5.41, 5.74) is 7.66. The van der Waals surface area contributed by atoms with Crippen molar-refractivity contribution in [3.05, 3.63) is 29.8 Å². The summed E-state index contributed by atoms with van der Waals surface area (Å²) in [5.74, 6) is 0.911. The van der Waals surface area contributed by atoms with E-state index in [0.717, 1.165) is 5.75 Å². The minimum atomic E-state index is -0.147. The number of benzene rings is 1. The van der Waals surface area contributed by atoms with Gasteiger partial charge in [-0.15, -0.1) is 0 Å². The topological polar surface area (TPSA) is 35.2 Å². The van der Waals surface area contributed by atoms with Gasteiger partial charge in [0.25, 0.3) is 0 Å². The molecular weight excluding hydrogens is 210 g/mol. The molecule has 1 unspecified atom stereocenters. The van der Waals surface area contributed by atoms with E-state index in [4.69, 9.17) is 10.5 Å². The van der Waals surface area contributed by atoms with Crippen molar-refractivity contribution in [3.63, 3.8) is 0 Å². The van der Waals surface area contributed by atoms with E-state index in [9.17, 15) is 0 Å². The van der Waals surface area contributed by atoms with Crippen LogP contribution in [0.1, 0.15) is 52.1 Å². The maximum Gasteiger partial charge on any atom is 0.120 e. The molecule has 1 fully saturated rings. The summed E-state index contributed by atoms with van der Waals surface area (Å²) in [5, 5.41) is 0. The van der Waals surface area contributed by atoms with Crippen LogP contribution in [0.3, 0.4) is 0 Å². The molecule has 1 saturated carbocycles. The van der Waals surface area contributed by atoms with Crippen LogP contribution in [0.5, 0.6) is 5.75 Å². The quantitative estimate of drug-likeness (QED) is 0.864. The fourth-order valence-corrected chi connectivity index (χ4v) is 2.01. The van der Waals surface area contributed by atoms with Gasteiger partial charge in [0.15, 0.2) is 0 Å². The highest BCUT2D eigenvalue weighted by Gasteiger charge is 2.43. The monoisotopic (exact) mass is 233 g/mol. The van der Waals surface area contributed by atoms with Crippen molar-refractivity contribution >= 4 is 0 Å². The summed E-state index contributed by atoms with van der Waals surface area (Å²) in [6, 6.07) is 8.38. The third-order valence-electron chi connectivity index (χ3n) is 3.45. The lowest BCUT2D eigenvalue weighted by Crippen LogP contribution is -2.23. The number of nitrogens with two attached hydrogens (primary N) is 1. The Bertz CT molecular complexity index is 384. The van der Waals surface area contributed by atoms with Crippen molar-refractivity contribution in [2.24, 2.45) is 11.1 Å². The molecule has 0 radical (unpaired) electrons. The molecule has 2 nitrogen and oxygen atoms in total. The normalized spacial score (nSPS) is 19.8. The lowest BCUT2D eigenvalue weighted by Gasteiger charge is -2.23. The van der Waals surface area contributed by atoms with Crippen LogP contribution in [-0.2, 0) is 0 Å². The molecule has 2 heteroatoms. The van der Waals surface area contributed by atoms with Gasteiger partial charge in [0.05, 0.1) is 0 Å². The van der Waals surface area contributed by atoms with E-state index in [1.807, 2.05) is 12.1 Å². The molecule has 0 spiro atoms. The van der Waals surface area contributed by atoms with Crippen molar-refractivity contribution in [1.82, 2.24) is 0 Å². The fraction of sp³-hybridized carbons (Fsp3) is 0.600. The molecule has 0 aromatic heterocycles. The van der Waals surface area contributed by atoms with Crippen molar-refractivity contribution in [2.45, 2.75) is 52.2 Å². The highest BCUT2D eigenvalue weighted by molar-refractivity contribution is 5.31. The van der Waals surface area contributed by atoms with Crippen LogP contribution in [-0.4, -0.2) is 5.60 Å². The van der Waals surface area contributed by atoms with Gasteiger partial charge in [-0.25, -0.2) is 0 Å². The second kappa shape index (κ2) is 4.02. The van der Waals surface area contributed by atoms with Crippen molar-refractivity contribution in [3.8, 4) is 5.75 Å². The van der Waals surface area contributed by atoms with E-state index in [1.165, 1.54) is 18.4 Å². The summed E-state index contributed by atoms with van der Waals surface area (Å²) in [7, 11) is 0. The SMILES string of the molecule is CC(C)(C)Oc1ccc(C(N)C2(C)CC2)cc1. The number of hydrogen-bond acceptors (Lipinski definition) is 2. The standard InChI is InChI=1S/C15H23NO/c1-14(2,3)17-12-7-5-11(6-8-12)13(16)15(4)9-10-15/h5-8,13H,9-10,16H2,1-4H3. The van der Waals surface area contributed by atoms with Crippen molar-refractivity contribution in [1.29, 1.82) is 0 Å². The average molecular weight is 233 g/mol. The second-order valence-electron chi connectivity index (χ2n) is 6.42. The largest absolute Gasteiger partial charge is 0.488 e. The van der Waals surface area contributed by atoms with E-state index < -0.39 is 0 Å². The minimum Gasteiger partial charge on any atom is -0.488 e. The summed E-state index contributed by atoms with van der Waals surface area (Å²) >= 11 is 0. The Morgan fingerprint density at radius 3 is 2.12 bits per heavy atom. The molecule has 0 heterocycles. The first-order valence-corrected chi connectivity index (χ1v) is 6.35. The number of ether oxygens (including phenoxy) is 1. The summed E-state index contributed by atoms with van der Waals surface area (Å²) < 4.78 is 5.80. The van der Waals surface area contributed by atoms with E-state index >= 15 is 0 Å². The predicted octanol–water partition coefficient (Wildman–Crippen LogP) is 3.66. The Balaban J connectivity index is 2.08. The maximum absolute atomic E-state index is 6.27. The lowest BCUT2D eigenvalue weighted by atomic mass is 9.93. The molecule has 0 amide bonds. The first kappa shape index (κ1) is 12.4. The van der Waals surface area contributed by atoms with Crippen LogP contribution in [0, 0.1) is 5.41 Å². The molecule has 2 rings (SSSR count). The van der Waals surface area contributed by atoms with E-state index in [-0.39, 0.29) is 11.6 Å². The Morgan fingerprint density at radius 2 is 1.71 bits per heavy atom. The van der Waals surface area contributed by atoms with E-state index in [2.05, 4.69) is 39.8 Å². The molecule has 1 aliphatic rings. The van der Waals surface area contributed by atoms with Gasteiger partial charge in [-0.1, -0.05) is 19.1 Å². The van der Waals surface area contributed by atoms with Crippen LogP contribution in [0.15, 0.2) is 24.3 Å². The highest BCUT2D eigenvalue weighted by Crippen LogP contribution is 2.53. The van der Waals surface area contributed by atoms with Crippen LogP contribution in [0.4, 0.5) is 0 Å². The molecular formula is C15H23NO. The zero-order valence-corrected chi connectivity index (χ0v) is 11.3. The van der Waals surface area contributed by atoms with Gasteiger partial charge < -0.3 is 10.5 Å². The Kier molecular flexibility index (Phi) is 2.94. The molecule has 0 aliphatic heterocycles. The van der Waals surface area contributed by atoms with Crippen LogP contribution >= 0.6 is 0 Å². The smallest absolute Gasteiger partial charge is 0.120 e. The van der Waals surface area contributed by atoms with Crippen molar-refractivity contribution < 1.29 is 4.74 Å². The van der Waals surface area contributed by atoms with Gasteiger partial charge in [0, 0.05) is 6.04 Å². The van der Waals surface area contributed by atoms with E-state index in [0.29, 0.717) is 5.41 Å².